The van der Waals surface area contributed by atoms with Crippen LogP contribution in [-0.2, 0) is 0 Å². The van der Waals surface area contributed by atoms with Crippen LogP contribution in [0.25, 0.3) is 0 Å². The first-order chi connectivity index (χ1) is 11.5. The molecule has 0 spiro atoms. The molecule has 0 radical (unpaired) electrons. The standard InChI is InChI=1S/C20H23N3S/c1-6-8-9-18-11-10-15(3)19(24-18)13-17(14-21)12-16(4)23-20(7-2)22-5/h6,8-13H,1,7H2,2-5H3/b9-8-,17-12+,19-13+,22-20-,23-16+. The maximum absolute atomic E-state index is 9.43. The zero-order chi connectivity index (χ0) is 17.9. The van der Waals surface area contributed by atoms with E-state index in [9.17, 15) is 5.26 Å². The second-order valence-electron chi connectivity index (χ2n) is 5.08. The summed E-state index contributed by atoms with van der Waals surface area (Å²) in [6, 6.07) is 2.24. The molecule has 0 fully saturated rings. The summed E-state index contributed by atoms with van der Waals surface area (Å²) >= 11 is 1.64. The van der Waals surface area contributed by atoms with E-state index in [-0.39, 0.29) is 0 Å². The van der Waals surface area contributed by atoms with E-state index in [1.54, 1.807) is 31.0 Å². The first-order valence-electron chi connectivity index (χ1n) is 7.74. The van der Waals surface area contributed by atoms with Crippen molar-refractivity contribution < 1.29 is 0 Å². The van der Waals surface area contributed by atoms with Gasteiger partial charge in [-0.2, -0.15) is 5.26 Å². The van der Waals surface area contributed by atoms with E-state index in [1.807, 2.05) is 39.0 Å². The lowest BCUT2D eigenvalue weighted by Gasteiger charge is -2.12. The minimum absolute atomic E-state index is 0.576. The second-order valence-corrected chi connectivity index (χ2v) is 6.20. The highest BCUT2D eigenvalue weighted by molar-refractivity contribution is 8.07. The Hall–Kier alpha value is -2.38. The molecule has 3 nitrogen and oxygen atoms in total. The van der Waals surface area contributed by atoms with E-state index >= 15 is 0 Å². The van der Waals surface area contributed by atoms with Gasteiger partial charge in [-0.1, -0.05) is 43.5 Å². The van der Waals surface area contributed by atoms with Crippen molar-refractivity contribution in [2.75, 3.05) is 7.05 Å². The quantitative estimate of drug-likeness (QED) is 0.286. The SMILES string of the molecule is C=C/C=C\C1=CC=C(C)\C(=C/C(C#N)=C\C(C)=N\C(CC)=N/C)S1. The number of aliphatic imine (C=N–C) groups is 2. The Morgan fingerprint density at radius 3 is 2.75 bits per heavy atom. The monoisotopic (exact) mass is 337 g/mol. The number of hydrogen-bond acceptors (Lipinski definition) is 3. The Labute approximate surface area is 149 Å². The average molecular weight is 337 g/mol. The number of nitriles is 1. The third-order valence-corrected chi connectivity index (χ3v) is 4.34. The molecule has 0 saturated heterocycles. The van der Waals surface area contributed by atoms with E-state index in [0.29, 0.717) is 5.57 Å². The van der Waals surface area contributed by atoms with Crippen LogP contribution in [0.5, 0.6) is 0 Å². The number of allylic oxidation sites excluding steroid dienone is 9. The Morgan fingerprint density at radius 2 is 2.17 bits per heavy atom. The summed E-state index contributed by atoms with van der Waals surface area (Å²) in [7, 11) is 1.73. The van der Waals surface area contributed by atoms with Gasteiger partial charge in [-0.3, -0.25) is 4.99 Å². The fourth-order valence-corrected chi connectivity index (χ4v) is 2.87. The van der Waals surface area contributed by atoms with E-state index < -0.39 is 0 Å². The smallest absolute Gasteiger partial charge is 0.122 e. The van der Waals surface area contributed by atoms with Crippen LogP contribution in [-0.4, -0.2) is 18.6 Å². The molecule has 0 atom stereocenters. The lowest BCUT2D eigenvalue weighted by Crippen LogP contribution is -1.97. The predicted octanol–water partition coefficient (Wildman–Crippen LogP) is 5.54. The van der Waals surface area contributed by atoms with Crippen LogP contribution in [0.4, 0.5) is 0 Å². The largest absolute Gasteiger partial charge is 0.274 e. The number of hydrogen-bond donors (Lipinski definition) is 0. The first kappa shape index (κ1) is 19.7. The molecule has 0 N–H and O–H groups in total. The predicted molar refractivity (Wildman–Crippen MR) is 107 cm³/mol. The van der Waals surface area contributed by atoms with Gasteiger partial charge in [0, 0.05) is 29.0 Å². The molecular weight excluding hydrogens is 314 g/mol. The topological polar surface area (TPSA) is 48.5 Å². The van der Waals surface area contributed by atoms with Gasteiger partial charge in [-0.25, -0.2) is 4.99 Å². The molecule has 4 heteroatoms. The lowest BCUT2D eigenvalue weighted by atomic mass is 10.1. The summed E-state index contributed by atoms with van der Waals surface area (Å²) in [6.45, 7) is 9.61. The molecule has 0 aromatic carbocycles. The molecular formula is C20H23N3S. The van der Waals surface area contributed by atoms with E-state index in [1.165, 1.54) is 0 Å². The van der Waals surface area contributed by atoms with Gasteiger partial charge >= 0.3 is 0 Å². The van der Waals surface area contributed by atoms with Crippen molar-refractivity contribution >= 4 is 23.3 Å². The summed E-state index contributed by atoms with van der Waals surface area (Å²) in [4.78, 5) is 10.7. The van der Waals surface area contributed by atoms with Gasteiger partial charge in [-0.05, 0) is 43.7 Å². The Bertz CT molecular complexity index is 735. The first-order valence-corrected chi connectivity index (χ1v) is 8.56. The molecule has 1 aliphatic rings. The van der Waals surface area contributed by atoms with Crippen molar-refractivity contribution in [2.24, 2.45) is 9.98 Å². The molecule has 0 saturated carbocycles. The molecule has 1 aliphatic heterocycles. The number of amidine groups is 1. The summed E-state index contributed by atoms with van der Waals surface area (Å²) < 4.78 is 0. The normalized spacial score (nSPS) is 18.5. The third-order valence-electron chi connectivity index (χ3n) is 3.17. The molecule has 0 aliphatic carbocycles. The van der Waals surface area contributed by atoms with Crippen molar-refractivity contribution in [1.29, 1.82) is 5.26 Å². The van der Waals surface area contributed by atoms with Crippen LogP contribution in [0, 0.1) is 11.3 Å². The maximum atomic E-state index is 9.43. The maximum Gasteiger partial charge on any atom is 0.122 e. The van der Waals surface area contributed by atoms with Gasteiger partial charge in [0.15, 0.2) is 0 Å². The van der Waals surface area contributed by atoms with Crippen molar-refractivity contribution in [3.8, 4) is 6.07 Å². The van der Waals surface area contributed by atoms with Gasteiger partial charge in [0.1, 0.15) is 5.84 Å². The van der Waals surface area contributed by atoms with Crippen LogP contribution in [0.1, 0.15) is 27.2 Å². The molecule has 1 rings (SSSR count). The number of nitrogens with zero attached hydrogens (tertiary/aromatic N) is 3. The molecule has 0 unspecified atom stereocenters. The zero-order valence-corrected chi connectivity index (χ0v) is 15.5. The van der Waals surface area contributed by atoms with E-state index in [4.69, 9.17) is 0 Å². The number of rotatable bonds is 5. The minimum atomic E-state index is 0.576. The Kier molecular flexibility index (Phi) is 8.53. The van der Waals surface area contributed by atoms with Crippen molar-refractivity contribution in [2.45, 2.75) is 27.2 Å². The van der Waals surface area contributed by atoms with E-state index in [0.717, 1.165) is 33.4 Å². The van der Waals surface area contributed by atoms with Gasteiger partial charge in [0.2, 0.25) is 0 Å². The summed E-state index contributed by atoms with van der Waals surface area (Å²) in [5.41, 5.74) is 2.48. The molecule has 0 aromatic heterocycles. The zero-order valence-electron chi connectivity index (χ0n) is 14.7. The molecule has 0 bridgehead atoms. The average Bonchev–Trinajstić information content (AvgIpc) is 2.59. The Balaban J connectivity index is 3.08. The lowest BCUT2D eigenvalue weighted by molar-refractivity contribution is 1.21. The Morgan fingerprint density at radius 1 is 1.42 bits per heavy atom. The summed E-state index contributed by atoms with van der Waals surface area (Å²) in [5, 5.41) is 9.43. The molecule has 124 valence electrons. The third kappa shape index (κ3) is 6.39. The van der Waals surface area contributed by atoms with Crippen molar-refractivity contribution in [3.63, 3.8) is 0 Å². The fourth-order valence-electron chi connectivity index (χ4n) is 1.92. The molecule has 0 amide bonds. The molecule has 24 heavy (non-hydrogen) atoms. The van der Waals surface area contributed by atoms with Gasteiger partial charge in [0.05, 0.1) is 11.6 Å². The van der Waals surface area contributed by atoms with Crippen LogP contribution in [0.15, 0.2) is 80.1 Å². The van der Waals surface area contributed by atoms with Gasteiger partial charge < -0.3 is 0 Å². The molecule has 0 aromatic rings. The highest BCUT2D eigenvalue weighted by Gasteiger charge is 2.09. The summed E-state index contributed by atoms with van der Waals surface area (Å²) in [5.74, 6) is 0.775. The second kappa shape index (κ2) is 10.4. The highest BCUT2D eigenvalue weighted by atomic mass is 32.2. The van der Waals surface area contributed by atoms with Gasteiger partial charge in [0.25, 0.3) is 0 Å². The van der Waals surface area contributed by atoms with Crippen LogP contribution in [0.2, 0.25) is 0 Å². The summed E-state index contributed by atoms with van der Waals surface area (Å²) in [6.07, 6.45) is 14.2. The highest BCUT2D eigenvalue weighted by Crippen LogP contribution is 2.36. The van der Waals surface area contributed by atoms with Crippen LogP contribution in [0.3, 0.4) is 0 Å². The fraction of sp³-hybridized carbons (Fsp3) is 0.250. The van der Waals surface area contributed by atoms with Gasteiger partial charge in [-0.15, -0.1) is 0 Å². The van der Waals surface area contributed by atoms with Crippen molar-refractivity contribution in [1.82, 2.24) is 0 Å². The number of thioether (sulfide) groups is 1. The van der Waals surface area contributed by atoms with Crippen molar-refractivity contribution in [3.05, 3.63) is 70.1 Å². The molecule has 1 heterocycles. The van der Waals surface area contributed by atoms with E-state index in [2.05, 4.69) is 34.8 Å². The minimum Gasteiger partial charge on any atom is -0.274 e. The van der Waals surface area contributed by atoms with Crippen LogP contribution < -0.4 is 0 Å². The van der Waals surface area contributed by atoms with Crippen LogP contribution >= 0.6 is 11.8 Å².